The van der Waals surface area contributed by atoms with Crippen molar-refractivity contribution in [2.24, 2.45) is 0 Å². The highest BCUT2D eigenvalue weighted by molar-refractivity contribution is 7.84. The molecule has 0 aromatic rings. The van der Waals surface area contributed by atoms with Gasteiger partial charge in [-0.05, 0) is 46.7 Å². The lowest BCUT2D eigenvalue weighted by molar-refractivity contribution is 0.220. The highest BCUT2D eigenvalue weighted by atomic mass is 32.2. The van der Waals surface area contributed by atoms with Gasteiger partial charge in [-0.25, -0.2) is 0 Å². The van der Waals surface area contributed by atoms with Crippen molar-refractivity contribution in [1.29, 1.82) is 0 Å². The Hall–Kier alpha value is 0.0700. The van der Waals surface area contributed by atoms with Crippen LogP contribution in [0.4, 0.5) is 0 Å². The van der Waals surface area contributed by atoms with E-state index in [-0.39, 0.29) is 5.25 Å². The number of nitrogens with zero attached hydrogens (tertiary/aromatic N) is 1. The second-order valence-electron chi connectivity index (χ2n) is 5.16. The first-order valence-corrected chi connectivity index (χ1v) is 7.91. The summed E-state index contributed by atoms with van der Waals surface area (Å²) in [6.45, 7) is 9.82. The van der Waals surface area contributed by atoms with E-state index in [9.17, 15) is 4.21 Å². The lowest BCUT2D eigenvalue weighted by atomic mass is 10.1. The first kappa shape index (κ1) is 14.1. The molecule has 0 aliphatic carbocycles. The van der Waals surface area contributed by atoms with Crippen molar-refractivity contribution in [2.45, 2.75) is 50.9 Å². The van der Waals surface area contributed by atoms with Crippen molar-refractivity contribution in [2.75, 3.05) is 25.9 Å². The van der Waals surface area contributed by atoms with Crippen LogP contribution in [0.5, 0.6) is 0 Å². The Labute approximate surface area is 102 Å². The monoisotopic (exact) mass is 246 g/mol. The van der Waals surface area contributed by atoms with Crippen molar-refractivity contribution in [1.82, 2.24) is 10.2 Å². The van der Waals surface area contributed by atoms with Gasteiger partial charge in [0.05, 0.1) is 0 Å². The van der Waals surface area contributed by atoms with Crippen LogP contribution in [0.3, 0.4) is 0 Å². The number of rotatable bonds is 3. The van der Waals surface area contributed by atoms with E-state index in [0.717, 1.165) is 19.6 Å². The maximum absolute atomic E-state index is 11.4. The van der Waals surface area contributed by atoms with Crippen LogP contribution in [0.25, 0.3) is 0 Å². The van der Waals surface area contributed by atoms with E-state index < -0.39 is 10.8 Å². The van der Waals surface area contributed by atoms with Crippen molar-refractivity contribution in [3.8, 4) is 0 Å². The van der Waals surface area contributed by atoms with E-state index >= 15 is 0 Å². The minimum Gasteiger partial charge on any atom is -0.312 e. The van der Waals surface area contributed by atoms with Crippen LogP contribution in [-0.4, -0.2) is 52.3 Å². The molecule has 1 N–H and O–H groups in total. The molecule has 3 nitrogen and oxygen atoms in total. The van der Waals surface area contributed by atoms with Crippen molar-refractivity contribution in [3.05, 3.63) is 0 Å². The fourth-order valence-corrected chi connectivity index (χ4v) is 2.59. The van der Waals surface area contributed by atoms with Gasteiger partial charge < -0.3 is 10.2 Å². The van der Waals surface area contributed by atoms with Crippen LogP contribution in [0.2, 0.25) is 0 Å². The summed E-state index contributed by atoms with van der Waals surface area (Å²) in [7, 11) is -0.697. The Morgan fingerprint density at radius 3 is 2.25 bits per heavy atom. The Morgan fingerprint density at radius 1 is 1.31 bits per heavy atom. The zero-order valence-electron chi connectivity index (χ0n) is 11.0. The number of hydrogen-bond donors (Lipinski definition) is 1. The highest BCUT2D eigenvalue weighted by Crippen LogP contribution is 2.08. The molecule has 0 spiro atoms. The molecule has 0 amide bonds. The molecule has 0 bridgehead atoms. The summed E-state index contributed by atoms with van der Waals surface area (Å²) in [4.78, 5) is 2.47. The number of hydrogen-bond acceptors (Lipinski definition) is 3. The van der Waals surface area contributed by atoms with E-state index in [1.54, 1.807) is 0 Å². The minimum atomic E-state index is -0.697. The van der Waals surface area contributed by atoms with Gasteiger partial charge in [0, 0.05) is 40.9 Å². The summed E-state index contributed by atoms with van der Waals surface area (Å²) in [5, 5.41) is 3.88. The Kier molecular flexibility index (Phi) is 5.94. The minimum absolute atomic E-state index is 0.290. The zero-order valence-corrected chi connectivity index (χ0v) is 11.8. The van der Waals surface area contributed by atoms with Crippen LogP contribution in [0, 0.1) is 0 Å². The van der Waals surface area contributed by atoms with Crippen molar-refractivity contribution < 1.29 is 4.21 Å². The molecular formula is C12H26N2OS. The fourth-order valence-electron chi connectivity index (χ4n) is 2.17. The molecule has 1 saturated heterocycles. The molecule has 1 aliphatic heterocycles. The van der Waals surface area contributed by atoms with Gasteiger partial charge in [-0.2, -0.15) is 0 Å². The summed E-state index contributed by atoms with van der Waals surface area (Å²) in [6.07, 6.45) is 4.18. The maximum Gasteiger partial charge on any atom is 0.0444 e. The molecule has 1 heterocycles. The van der Waals surface area contributed by atoms with E-state index in [1.807, 2.05) is 6.26 Å². The molecule has 1 rings (SSSR count). The smallest absolute Gasteiger partial charge is 0.0444 e. The average Bonchev–Trinajstić information content (AvgIpc) is 2.19. The van der Waals surface area contributed by atoms with Crippen LogP contribution in [0.1, 0.15) is 33.6 Å². The summed E-state index contributed by atoms with van der Waals surface area (Å²) in [5.74, 6) is 0. The molecule has 1 fully saturated rings. The van der Waals surface area contributed by atoms with E-state index in [2.05, 4.69) is 31.0 Å². The number of nitrogens with one attached hydrogen (secondary N) is 1. The van der Waals surface area contributed by atoms with Gasteiger partial charge in [-0.3, -0.25) is 4.21 Å². The largest absolute Gasteiger partial charge is 0.312 e. The van der Waals surface area contributed by atoms with E-state index in [1.165, 1.54) is 12.8 Å². The fraction of sp³-hybridized carbons (Fsp3) is 1.00. The van der Waals surface area contributed by atoms with Crippen LogP contribution >= 0.6 is 0 Å². The summed E-state index contributed by atoms with van der Waals surface area (Å²) in [5.41, 5.74) is 0. The van der Waals surface area contributed by atoms with Crippen molar-refractivity contribution >= 4 is 10.8 Å². The van der Waals surface area contributed by atoms with E-state index in [4.69, 9.17) is 0 Å². The van der Waals surface area contributed by atoms with E-state index in [0.29, 0.717) is 12.1 Å². The lowest BCUT2D eigenvalue weighted by Gasteiger charge is -2.31. The summed E-state index contributed by atoms with van der Waals surface area (Å²) >= 11 is 0. The lowest BCUT2D eigenvalue weighted by Crippen LogP contribution is -2.44. The standard InChI is InChI=1S/C12H26N2OS/c1-10-5-7-14(8-6-11(2)13-10)9-12(3)16(4)15/h10-13H,5-9H2,1-4H3. The summed E-state index contributed by atoms with van der Waals surface area (Å²) < 4.78 is 11.4. The topological polar surface area (TPSA) is 32.3 Å². The molecule has 4 heteroatoms. The molecule has 1 aliphatic rings. The second-order valence-corrected chi connectivity index (χ2v) is 6.96. The van der Waals surface area contributed by atoms with Gasteiger partial charge >= 0.3 is 0 Å². The highest BCUT2D eigenvalue weighted by Gasteiger charge is 2.18. The average molecular weight is 246 g/mol. The summed E-state index contributed by atoms with van der Waals surface area (Å²) in [6, 6.07) is 1.19. The van der Waals surface area contributed by atoms with Gasteiger partial charge in [-0.15, -0.1) is 0 Å². The Morgan fingerprint density at radius 2 is 1.81 bits per heavy atom. The normalized spacial score (nSPS) is 32.8. The third-order valence-corrected chi connectivity index (χ3v) is 4.69. The predicted octanol–water partition coefficient (Wildman–Crippen LogP) is 1.22. The zero-order chi connectivity index (χ0) is 12.1. The maximum atomic E-state index is 11.4. The Balaban J connectivity index is 2.43. The van der Waals surface area contributed by atoms with Gasteiger partial charge in [-0.1, -0.05) is 0 Å². The van der Waals surface area contributed by atoms with Crippen LogP contribution < -0.4 is 5.32 Å². The third-order valence-electron chi connectivity index (χ3n) is 3.41. The molecular weight excluding hydrogens is 220 g/mol. The van der Waals surface area contributed by atoms with Crippen LogP contribution in [0.15, 0.2) is 0 Å². The third kappa shape index (κ3) is 4.93. The van der Waals surface area contributed by atoms with Crippen LogP contribution in [-0.2, 0) is 10.8 Å². The molecule has 0 saturated carbocycles. The molecule has 16 heavy (non-hydrogen) atoms. The van der Waals surface area contributed by atoms with Crippen molar-refractivity contribution in [3.63, 3.8) is 0 Å². The SMILES string of the molecule is CC1CCN(CC(C)S(C)=O)CCC(C)N1. The van der Waals surface area contributed by atoms with Gasteiger partial charge in [0.25, 0.3) is 0 Å². The van der Waals surface area contributed by atoms with Gasteiger partial charge in [0.2, 0.25) is 0 Å². The molecule has 0 aromatic carbocycles. The predicted molar refractivity (Wildman–Crippen MR) is 71.3 cm³/mol. The molecule has 96 valence electrons. The molecule has 4 atom stereocenters. The Bertz CT molecular complexity index is 223. The molecule has 4 unspecified atom stereocenters. The molecule has 0 aromatic heterocycles. The quantitative estimate of drug-likeness (QED) is 0.812. The van der Waals surface area contributed by atoms with Gasteiger partial charge in [0.1, 0.15) is 0 Å². The second kappa shape index (κ2) is 6.72. The first-order valence-electron chi connectivity index (χ1n) is 6.29. The molecule has 0 radical (unpaired) electrons. The van der Waals surface area contributed by atoms with Gasteiger partial charge in [0.15, 0.2) is 0 Å². The first-order chi connectivity index (χ1) is 7.49.